The third-order valence-electron chi connectivity index (χ3n) is 3.09. The first-order chi connectivity index (χ1) is 9.25. The summed E-state index contributed by atoms with van der Waals surface area (Å²) in [4.78, 5) is 19.2. The molecule has 0 aliphatic carbocycles. The van der Waals surface area contributed by atoms with Crippen LogP contribution in [0.1, 0.15) is 15.9 Å². The Bertz CT molecular complexity index is 748. The normalized spacial score (nSPS) is 10.8. The van der Waals surface area contributed by atoms with Crippen molar-refractivity contribution < 1.29 is 9.18 Å². The number of Topliss-reactive ketones (excluding diaryl/α,β-unsaturated/α-hetero) is 1. The Hall–Kier alpha value is -2.49. The van der Waals surface area contributed by atoms with E-state index in [1.54, 1.807) is 42.9 Å². The Labute approximate surface area is 109 Å². The van der Waals surface area contributed by atoms with Crippen molar-refractivity contribution in [2.45, 2.75) is 6.42 Å². The Morgan fingerprint density at radius 1 is 1.26 bits per heavy atom. The molecule has 1 aromatic carbocycles. The molecule has 1 N–H and O–H groups in total. The minimum Gasteiger partial charge on any atom is -0.360 e. The van der Waals surface area contributed by atoms with E-state index in [9.17, 15) is 9.18 Å². The van der Waals surface area contributed by atoms with Gasteiger partial charge in [-0.25, -0.2) is 4.39 Å². The van der Waals surface area contributed by atoms with Gasteiger partial charge in [0.15, 0.2) is 5.78 Å². The van der Waals surface area contributed by atoms with Gasteiger partial charge in [0, 0.05) is 41.5 Å². The van der Waals surface area contributed by atoms with Crippen molar-refractivity contribution in [3.05, 3.63) is 65.9 Å². The highest BCUT2D eigenvalue weighted by molar-refractivity contribution is 6.08. The van der Waals surface area contributed by atoms with Crippen LogP contribution in [-0.4, -0.2) is 15.8 Å². The zero-order chi connectivity index (χ0) is 13.2. The second-order valence-corrected chi connectivity index (χ2v) is 4.31. The lowest BCUT2D eigenvalue weighted by atomic mass is 10.0. The van der Waals surface area contributed by atoms with Gasteiger partial charge < -0.3 is 4.98 Å². The smallest absolute Gasteiger partial charge is 0.169 e. The van der Waals surface area contributed by atoms with Gasteiger partial charge in [0.2, 0.25) is 0 Å². The molecular weight excluding hydrogens is 243 g/mol. The molecule has 0 saturated carbocycles. The van der Waals surface area contributed by atoms with E-state index in [0.717, 1.165) is 10.9 Å². The lowest BCUT2D eigenvalue weighted by Gasteiger charge is -2.01. The topological polar surface area (TPSA) is 45.8 Å². The van der Waals surface area contributed by atoms with Gasteiger partial charge in [-0.15, -0.1) is 0 Å². The van der Waals surface area contributed by atoms with Gasteiger partial charge >= 0.3 is 0 Å². The number of hydrogen-bond acceptors (Lipinski definition) is 2. The average molecular weight is 254 g/mol. The monoisotopic (exact) mass is 254 g/mol. The Morgan fingerprint density at radius 2 is 2.11 bits per heavy atom. The summed E-state index contributed by atoms with van der Waals surface area (Å²) in [6.45, 7) is 0. The van der Waals surface area contributed by atoms with Crippen molar-refractivity contribution in [2.75, 3.05) is 0 Å². The summed E-state index contributed by atoms with van der Waals surface area (Å²) in [6, 6.07) is 8.12. The van der Waals surface area contributed by atoms with E-state index >= 15 is 0 Å². The molecule has 94 valence electrons. The standard InChI is InChI=1S/C15H11FN2O/c16-13-4-2-1-3-10(13)7-15(19)12-9-18-14-5-6-17-8-11(12)14/h1-6,8-9,18H,7H2. The number of aromatic nitrogens is 2. The number of pyridine rings is 1. The maximum atomic E-state index is 13.5. The number of hydrogen-bond donors (Lipinski definition) is 1. The summed E-state index contributed by atoms with van der Waals surface area (Å²) < 4.78 is 13.5. The van der Waals surface area contributed by atoms with Gasteiger partial charge in [-0.2, -0.15) is 0 Å². The second-order valence-electron chi connectivity index (χ2n) is 4.31. The number of carbonyl (C=O) groups is 1. The SMILES string of the molecule is O=C(Cc1ccccc1F)c1c[nH]c2ccncc12. The van der Waals surface area contributed by atoms with Crippen molar-refractivity contribution in [1.82, 2.24) is 9.97 Å². The predicted octanol–water partition coefficient (Wildman–Crippen LogP) is 3.13. The molecule has 2 aromatic heterocycles. The number of benzene rings is 1. The molecule has 0 bridgehead atoms. The number of nitrogens with zero attached hydrogens (tertiary/aromatic N) is 1. The highest BCUT2D eigenvalue weighted by Gasteiger charge is 2.14. The minimum atomic E-state index is -0.353. The van der Waals surface area contributed by atoms with Gasteiger partial charge in [-0.1, -0.05) is 18.2 Å². The van der Waals surface area contributed by atoms with Gasteiger partial charge in [-0.05, 0) is 17.7 Å². The first kappa shape index (κ1) is 11.6. The third kappa shape index (κ3) is 2.12. The molecule has 0 fully saturated rings. The number of aromatic amines is 1. The van der Waals surface area contributed by atoms with Crippen LogP contribution in [0.2, 0.25) is 0 Å². The van der Waals surface area contributed by atoms with Gasteiger partial charge in [-0.3, -0.25) is 9.78 Å². The molecule has 0 saturated heterocycles. The molecule has 0 aliphatic heterocycles. The summed E-state index contributed by atoms with van der Waals surface area (Å²) in [6.07, 6.45) is 4.99. The molecule has 0 spiro atoms. The van der Waals surface area contributed by atoms with Crippen molar-refractivity contribution in [1.29, 1.82) is 0 Å². The van der Waals surface area contributed by atoms with Crippen LogP contribution in [0, 0.1) is 5.82 Å². The van der Waals surface area contributed by atoms with E-state index < -0.39 is 0 Å². The van der Waals surface area contributed by atoms with Crippen molar-refractivity contribution in [3.8, 4) is 0 Å². The van der Waals surface area contributed by atoms with Crippen LogP contribution >= 0.6 is 0 Å². The van der Waals surface area contributed by atoms with E-state index in [0.29, 0.717) is 11.1 Å². The average Bonchev–Trinajstić information content (AvgIpc) is 2.85. The molecule has 4 heteroatoms. The van der Waals surface area contributed by atoms with Crippen LogP contribution in [0.4, 0.5) is 4.39 Å². The lowest BCUT2D eigenvalue weighted by Crippen LogP contribution is -2.04. The van der Waals surface area contributed by atoms with E-state index in [1.807, 2.05) is 0 Å². The maximum Gasteiger partial charge on any atom is 0.169 e. The number of halogens is 1. The summed E-state index contributed by atoms with van der Waals surface area (Å²) in [7, 11) is 0. The van der Waals surface area contributed by atoms with Crippen molar-refractivity contribution in [3.63, 3.8) is 0 Å². The fourth-order valence-electron chi connectivity index (χ4n) is 2.10. The zero-order valence-electron chi connectivity index (χ0n) is 10.1. The van der Waals surface area contributed by atoms with Crippen LogP contribution < -0.4 is 0 Å². The molecule has 0 atom stereocenters. The minimum absolute atomic E-state index is 0.0501. The molecular formula is C15H11FN2O. The second kappa shape index (κ2) is 4.65. The number of nitrogens with one attached hydrogen (secondary N) is 1. The molecule has 19 heavy (non-hydrogen) atoms. The van der Waals surface area contributed by atoms with Gasteiger partial charge in [0.05, 0.1) is 0 Å². The molecule has 3 aromatic rings. The number of H-pyrrole nitrogens is 1. The fraction of sp³-hybridized carbons (Fsp3) is 0.0667. The lowest BCUT2D eigenvalue weighted by molar-refractivity contribution is 0.0993. The quantitative estimate of drug-likeness (QED) is 0.730. The first-order valence-corrected chi connectivity index (χ1v) is 5.93. The van der Waals surface area contributed by atoms with E-state index in [4.69, 9.17) is 0 Å². The van der Waals surface area contributed by atoms with Crippen LogP contribution in [0.25, 0.3) is 10.9 Å². The predicted molar refractivity (Wildman–Crippen MR) is 70.5 cm³/mol. The maximum absolute atomic E-state index is 13.5. The van der Waals surface area contributed by atoms with Gasteiger partial charge in [0.25, 0.3) is 0 Å². The fourth-order valence-corrected chi connectivity index (χ4v) is 2.10. The van der Waals surface area contributed by atoms with Crippen LogP contribution in [0.3, 0.4) is 0 Å². The van der Waals surface area contributed by atoms with Crippen LogP contribution in [0.15, 0.2) is 48.9 Å². The van der Waals surface area contributed by atoms with E-state index in [2.05, 4.69) is 9.97 Å². The molecule has 3 rings (SSSR count). The number of carbonyl (C=O) groups excluding carboxylic acids is 1. The Balaban J connectivity index is 1.95. The molecule has 2 heterocycles. The highest BCUT2D eigenvalue weighted by atomic mass is 19.1. The molecule has 0 amide bonds. The van der Waals surface area contributed by atoms with Crippen molar-refractivity contribution >= 4 is 16.7 Å². The summed E-state index contributed by atoms with van der Waals surface area (Å²) in [5.74, 6) is -0.474. The number of ketones is 1. The first-order valence-electron chi connectivity index (χ1n) is 5.93. The number of fused-ring (bicyclic) bond motifs is 1. The summed E-state index contributed by atoms with van der Waals surface area (Å²) in [5, 5.41) is 0.767. The Morgan fingerprint density at radius 3 is 2.95 bits per heavy atom. The largest absolute Gasteiger partial charge is 0.360 e. The van der Waals surface area contributed by atoms with Gasteiger partial charge in [0.1, 0.15) is 5.82 Å². The highest BCUT2D eigenvalue weighted by Crippen LogP contribution is 2.19. The van der Waals surface area contributed by atoms with Crippen molar-refractivity contribution in [2.24, 2.45) is 0 Å². The molecule has 0 aliphatic rings. The summed E-state index contributed by atoms with van der Waals surface area (Å²) >= 11 is 0. The zero-order valence-corrected chi connectivity index (χ0v) is 10.1. The van der Waals surface area contributed by atoms with Crippen LogP contribution in [-0.2, 0) is 6.42 Å². The molecule has 3 nitrogen and oxygen atoms in total. The number of rotatable bonds is 3. The Kier molecular flexibility index (Phi) is 2.83. The molecule has 0 radical (unpaired) electrons. The van der Waals surface area contributed by atoms with E-state index in [1.165, 1.54) is 6.07 Å². The third-order valence-corrected chi connectivity index (χ3v) is 3.09. The van der Waals surface area contributed by atoms with E-state index in [-0.39, 0.29) is 18.0 Å². The molecule has 0 unspecified atom stereocenters. The summed E-state index contributed by atoms with van der Waals surface area (Å²) in [5.41, 5.74) is 1.81. The van der Waals surface area contributed by atoms with Crippen LogP contribution in [0.5, 0.6) is 0 Å².